The molecule has 0 aliphatic rings. The fourth-order valence-electron chi connectivity index (χ4n) is 2.03. The van der Waals surface area contributed by atoms with Gasteiger partial charge in [0.25, 0.3) is 0 Å². The van der Waals surface area contributed by atoms with Gasteiger partial charge in [-0.15, -0.1) is 0 Å². The first kappa shape index (κ1) is 12.0. The Balaban J connectivity index is 4.02. The zero-order chi connectivity index (χ0) is 9.56. The van der Waals surface area contributed by atoms with Gasteiger partial charge in [0.2, 0.25) is 0 Å². The van der Waals surface area contributed by atoms with Crippen LogP contribution in [0.5, 0.6) is 0 Å². The second kappa shape index (κ2) is 6.47. The average molecular weight is 171 g/mol. The maximum absolute atomic E-state index is 2.56. The van der Waals surface area contributed by atoms with E-state index in [-0.39, 0.29) is 0 Å². The highest BCUT2D eigenvalue weighted by Crippen LogP contribution is 2.14. The normalized spacial score (nSPS) is 12.0. The molecular weight excluding hydrogens is 146 g/mol. The van der Waals surface area contributed by atoms with E-state index in [1.807, 2.05) is 0 Å². The Bertz CT molecular complexity index is 81.2. The van der Waals surface area contributed by atoms with E-state index in [1.54, 1.807) is 0 Å². The highest BCUT2D eigenvalue weighted by Gasteiger charge is 2.16. The molecule has 1 nitrogen and oxygen atoms in total. The summed E-state index contributed by atoms with van der Waals surface area (Å²) in [5, 5.41) is 0. The molecule has 0 spiro atoms. The van der Waals surface area contributed by atoms with Gasteiger partial charge in [0.05, 0.1) is 0 Å². The Hall–Kier alpha value is -0.0400. The van der Waals surface area contributed by atoms with E-state index < -0.39 is 0 Å². The molecule has 74 valence electrons. The van der Waals surface area contributed by atoms with Crippen LogP contribution in [-0.4, -0.2) is 24.0 Å². The molecule has 0 amide bonds. The lowest BCUT2D eigenvalue weighted by Crippen LogP contribution is -2.38. The third kappa shape index (κ3) is 3.14. The molecule has 0 aromatic rings. The highest BCUT2D eigenvalue weighted by molar-refractivity contribution is 4.72. The van der Waals surface area contributed by atoms with Crippen LogP contribution in [0.25, 0.3) is 0 Å². The molecular formula is C11H25N. The largest absolute Gasteiger partial charge is 0.301 e. The smallest absolute Gasteiger partial charge is 0.00898 e. The third-order valence-corrected chi connectivity index (χ3v) is 3.04. The number of nitrogens with zero attached hydrogens (tertiary/aromatic N) is 1. The molecule has 0 unspecified atom stereocenters. The Labute approximate surface area is 78.1 Å². The summed E-state index contributed by atoms with van der Waals surface area (Å²) < 4.78 is 0. The van der Waals surface area contributed by atoms with Gasteiger partial charge in [0, 0.05) is 12.1 Å². The maximum atomic E-state index is 2.56. The lowest BCUT2D eigenvalue weighted by Gasteiger charge is -2.33. The maximum Gasteiger partial charge on any atom is 0.00898 e. The second-order valence-electron chi connectivity index (χ2n) is 3.61. The van der Waals surface area contributed by atoms with Crippen molar-refractivity contribution in [2.24, 2.45) is 0 Å². The molecule has 0 heterocycles. The summed E-state index contributed by atoms with van der Waals surface area (Å²) in [6.45, 7) is 9.14. The van der Waals surface area contributed by atoms with Gasteiger partial charge in [-0.05, 0) is 32.7 Å². The molecule has 0 radical (unpaired) electrons. The van der Waals surface area contributed by atoms with Gasteiger partial charge in [-0.2, -0.15) is 0 Å². The van der Waals surface area contributed by atoms with Crippen molar-refractivity contribution in [2.75, 3.05) is 7.05 Å². The van der Waals surface area contributed by atoms with Crippen LogP contribution in [-0.2, 0) is 0 Å². The van der Waals surface area contributed by atoms with Crippen molar-refractivity contribution in [3.05, 3.63) is 0 Å². The van der Waals surface area contributed by atoms with Gasteiger partial charge < -0.3 is 4.90 Å². The van der Waals surface area contributed by atoms with Crippen molar-refractivity contribution < 1.29 is 0 Å². The van der Waals surface area contributed by atoms with Gasteiger partial charge in [-0.1, -0.05) is 27.7 Å². The third-order valence-electron chi connectivity index (χ3n) is 3.04. The minimum atomic E-state index is 0.787. The predicted octanol–water partition coefficient (Wildman–Crippen LogP) is 3.30. The first-order chi connectivity index (χ1) is 5.71. The van der Waals surface area contributed by atoms with Crippen LogP contribution in [0.1, 0.15) is 53.4 Å². The zero-order valence-corrected chi connectivity index (χ0v) is 9.43. The molecule has 0 atom stereocenters. The summed E-state index contributed by atoms with van der Waals surface area (Å²) >= 11 is 0. The Kier molecular flexibility index (Phi) is 6.45. The molecule has 0 aromatic carbocycles. The fourth-order valence-corrected chi connectivity index (χ4v) is 2.03. The van der Waals surface area contributed by atoms with Crippen LogP contribution in [0.15, 0.2) is 0 Å². The molecule has 0 aromatic heterocycles. The van der Waals surface area contributed by atoms with E-state index in [9.17, 15) is 0 Å². The molecule has 0 rings (SSSR count). The number of hydrogen-bond acceptors (Lipinski definition) is 1. The minimum absolute atomic E-state index is 0.787. The zero-order valence-electron chi connectivity index (χ0n) is 9.43. The van der Waals surface area contributed by atoms with Crippen LogP contribution >= 0.6 is 0 Å². The van der Waals surface area contributed by atoms with Crippen LogP contribution in [0.3, 0.4) is 0 Å². The number of rotatable bonds is 6. The minimum Gasteiger partial charge on any atom is -0.301 e. The molecule has 0 N–H and O–H groups in total. The van der Waals surface area contributed by atoms with Crippen molar-refractivity contribution in [3.8, 4) is 0 Å². The molecule has 0 aliphatic heterocycles. The molecule has 0 saturated carbocycles. The summed E-state index contributed by atoms with van der Waals surface area (Å²) in [4.78, 5) is 2.56. The lowest BCUT2D eigenvalue weighted by atomic mass is 10.1. The van der Waals surface area contributed by atoms with Gasteiger partial charge in [0.15, 0.2) is 0 Å². The van der Waals surface area contributed by atoms with E-state index in [1.165, 1.54) is 25.7 Å². The monoisotopic (exact) mass is 171 g/mol. The van der Waals surface area contributed by atoms with Crippen LogP contribution < -0.4 is 0 Å². The van der Waals surface area contributed by atoms with Crippen molar-refractivity contribution in [3.63, 3.8) is 0 Å². The van der Waals surface area contributed by atoms with Gasteiger partial charge in [-0.25, -0.2) is 0 Å². The highest BCUT2D eigenvalue weighted by atomic mass is 15.2. The van der Waals surface area contributed by atoms with Gasteiger partial charge in [0.1, 0.15) is 0 Å². The van der Waals surface area contributed by atoms with Gasteiger partial charge >= 0.3 is 0 Å². The van der Waals surface area contributed by atoms with Crippen molar-refractivity contribution in [1.29, 1.82) is 0 Å². The number of hydrogen-bond donors (Lipinski definition) is 0. The summed E-state index contributed by atoms with van der Waals surface area (Å²) in [6, 6.07) is 1.57. The standard InChI is InChI=1S/C11H25N/c1-6-10(7-2)12(5)11(8-3)9-4/h10-11H,6-9H2,1-5H3. The van der Waals surface area contributed by atoms with E-state index in [2.05, 4.69) is 39.6 Å². The average Bonchev–Trinajstić information content (AvgIpc) is 2.09. The topological polar surface area (TPSA) is 3.24 Å². The Morgan fingerprint density at radius 3 is 1.17 bits per heavy atom. The van der Waals surface area contributed by atoms with E-state index >= 15 is 0 Å². The predicted molar refractivity (Wildman–Crippen MR) is 56.5 cm³/mol. The van der Waals surface area contributed by atoms with Crippen LogP contribution in [0.4, 0.5) is 0 Å². The van der Waals surface area contributed by atoms with Crippen molar-refractivity contribution >= 4 is 0 Å². The van der Waals surface area contributed by atoms with Crippen molar-refractivity contribution in [2.45, 2.75) is 65.5 Å². The first-order valence-corrected chi connectivity index (χ1v) is 5.43. The summed E-state index contributed by atoms with van der Waals surface area (Å²) in [7, 11) is 2.27. The molecule has 0 bridgehead atoms. The first-order valence-electron chi connectivity index (χ1n) is 5.43. The van der Waals surface area contributed by atoms with E-state index in [4.69, 9.17) is 0 Å². The molecule has 12 heavy (non-hydrogen) atoms. The van der Waals surface area contributed by atoms with Crippen molar-refractivity contribution in [1.82, 2.24) is 4.90 Å². The molecule has 0 fully saturated rings. The lowest BCUT2D eigenvalue weighted by molar-refractivity contribution is 0.155. The Morgan fingerprint density at radius 1 is 0.750 bits per heavy atom. The fraction of sp³-hybridized carbons (Fsp3) is 1.00. The Morgan fingerprint density at radius 2 is 1.00 bits per heavy atom. The summed E-state index contributed by atoms with van der Waals surface area (Å²) in [5.74, 6) is 0. The van der Waals surface area contributed by atoms with Crippen LogP contribution in [0, 0.1) is 0 Å². The summed E-state index contributed by atoms with van der Waals surface area (Å²) in [6.07, 6.45) is 5.12. The quantitative estimate of drug-likeness (QED) is 0.592. The molecule has 0 saturated heterocycles. The second-order valence-corrected chi connectivity index (χ2v) is 3.61. The molecule has 0 aliphatic carbocycles. The summed E-state index contributed by atoms with van der Waals surface area (Å²) in [5.41, 5.74) is 0. The van der Waals surface area contributed by atoms with E-state index in [0.29, 0.717) is 0 Å². The van der Waals surface area contributed by atoms with E-state index in [0.717, 1.165) is 12.1 Å². The van der Waals surface area contributed by atoms with Crippen LogP contribution in [0.2, 0.25) is 0 Å². The van der Waals surface area contributed by atoms with Gasteiger partial charge in [-0.3, -0.25) is 0 Å². The SMILES string of the molecule is CCC(CC)N(C)C(CC)CC. The molecule has 1 heteroatoms.